The molecule has 4 aromatic heterocycles. The molecule has 14 heteroatoms. The zero-order chi connectivity index (χ0) is 59.4. The van der Waals surface area contributed by atoms with Gasteiger partial charge in [-0.05, 0) is 133 Å². The molecule has 0 amide bonds. The number of hydrogen-bond acceptors (Lipinski definition) is 4. The van der Waals surface area contributed by atoms with Crippen molar-refractivity contribution in [1.82, 2.24) is 8.96 Å². The number of aromatic nitrogens is 4. The molecule has 0 bridgehead atoms. The lowest BCUT2D eigenvalue weighted by Gasteiger charge is -2.32. The van der Waals surface area contributed by atoms with Crippen LogP contribution < -0.4 is 29.1 Å². The van der Waals surface area contributed by atoms with Gasteiger partial charge in [-0.25, -0.2) is 0 Å². The van der Waals surface area contributed by atoms with Crippen LogP contribution in [0.2, 0.25) is 0 Å². The van der Waals surface area contributed by atoms with Gasteiger partial charge in [0.15, 0.2) is 22.4 Å². The first-order chi connectivity index (χ1) is 42.0. The van der Waals surface area contributed by atoms with Gasteiger partial charge in [0.25, 0.3) is 0 Å². The fourth-order valence-electron chi connectivity index (χ4n) is 12.5. The SMILES string of the molecule is CCCCCCCCOc1ccc(-c2c3c4n(c(-c5ccc(OCCCCCCCC)cc5)c3c3n2[B-](F)(F)[n+]2c(ccc5cc(C#Cc6ccccc6)ccc52)C=3C#N)[B-](F)(F)[n+]2c(ccc3cc(C#Cc5ccccc5)ccc32)C=4C#N)cc1. The van der Waals surface area contributed by atoms with Crippen LogP contribution in [0.25, 0.3) is 66.2 Å². The number of fused-ring (bicyclic) bond motifs is 11. The third-order valence-corrected chi connectivity index (χ3v) is 16.6. The van der Waals surface area contributed by atoms with Crippen molar-refractivity contribution in [3.8, 4) is 69.8 Å². The van der Waals surface area contributed by atoms with Crippen LogP contribution in [0.4, 0.5) is 17.3 Å². The van der Waals surface area contributed by atoms with Crippen LogP contribution >= 0.6 is 0 Å². The summed E-state index contributed by atoms with van der Waals surface area (Å²) in [6.07, 6.45) is 12.8. The van der Waals surface area contributed by atoms with Gasteiger partial charge in [-0.2, -0.15) is 10.5 Å². The lowest BCUT2D eigenvalue weighted by molar-refractivity contribution is -0.544. The van der Waals surface area contributed by atoms with Crippen molar-refractivity contribution < 1.29 is 35.7 Å². The highest BCUT2D eigenvalue weighted by Gasteiger charge is 2.56. The molecule has 0 saturated heterocycles. The molecule has 0 N–H and O–H groups in total. The van der Waals surface area contributed by atoms with E-state index in [1.165, 1.54) is 25.0 Å². The van der Waals surface area contributed by atoms with E-state index in [4.69, 9.17) is 9.47 Å². The second kappa shape index (κ2) is 24.5. The highest BCUT2D eigenvalue weighted by atomic mass is 19.3. The van der Waals surface area contributed by atoms with Crippen molar-refractivity contribution in [3.63, 3.8) is 0 Å². The molecule has 2 aliphatic rings. The van der Waals surface area contributed by atoms with Gasteiger partial charge in [-0.15, -0.1) is 0 Å². The molecule has 0 atom stereocenters. The summed E-state index contributed by atoms with van der Waals surface area (Å²) in [6, 6.07) is 53.3. The van der Waals surface area contributed by atoms with Crippen molar-refractivity contribution in [2.75, 3.05) is 13.2 Å². The minimum atomic E-state index is -5.01. The first-order valence-corrected chi connectivity index (χ1v) is 30.1. The van der Waals surface area contributed by atoms with Crippen LogP contribution in [0.1, 0.15) is 125 Å². The van der Waals surface area contributed by atoms with Gasteiger partial charge in [0.2, 0.25) is 0 Å². The van der Waals surface area contributed by atoms with Gasteiger partial charge in [0, 0.05) is 90.2 Å². The Morgan fingerprint density at radius 1 is 0.419 bits per heavy atom. The highest BCUT2D eigenvalue weighted by molar-refractivity contribution is 6.59. The van der Waals surface area contributed by atoms with Crippen LogP contribution in [0.5, 0.6) is 11.5 Å². The molecule has 2 aliphatic heterocycles. The number of nitriles is 2. The summed E-state index contributed by atoms with van der Waals surface area (Å²) in [5.74, 6) is 13.6. The van der Waals surface area contributed by atoms with E-state index >= 15 is 17.3 Å². The van der Waals surface area contributed by atoms with Gasteiger partial charge >= 0.3 is 13.9 Å². The van der Waals surface area contributed by atoms with Crippen LogP contribution in [-0.2, 0) is 0 Å². The van der Waals surface area contributed by atoms with Crippen molar-refractivity contribution in [3.05, 3.63) is 214 Å². The maximum Gasteiger partial charge on any atom is 0.738 e. The monoisotopic (exact) mass is 1140 g/mol. The molecule has 86 heavy (non-hydrogen) atoms. The Hall–Kier alpha value is -9.75. The Morgan fingerprint density at radius 2 is 0.791 bits per heavy atom. The summed E-state index contributed by atoms with van der Waals surface area (Å²) in [7, 11) is 0. The third-order valence-electron chi connectivity index (χ3n) is 16.6. The molecule has 0 spiro atoms. The minimum absolute atomic E-state index is 0.0272. The van der Waals surface area contributed by atoms with Gasteiger partial charge in [0.1, 0.15) is 34.8 Å². The van der Waals surface area contributed by atoms with E-state index < -0.39 is 13.9 Å². The normalized spacial score (nSPS) is 13.3. The molecule has 0 unspecified atom stereocenters. The van der Waals surface area contributed by atoms with Gasteiger partial charge in [-0.1, -0.05) is 138 Å². The number of benzene rings is 6. The molecule has 12 rings (SSSR count). The van der Waals surface area contributed by atoms with Crippen molar-refractivity contribution in [2.24, 2.45) is 0 Å². The lowest BCUT2D eigenvalue weighted by atomic mass is 9.86. The fraction of sp³-hybridized carbons (Fsp3) is 0.222. The maximum atomic E-state index is 19.1. The van der Waals surface area contributed by atoms with Crippen LogP contribution in [0, 0.1) is 46.3 Å². The summed E-state index contributed by atoms with van der Waals surface area (Å²) in [5, 5.41) is 23.6. The summed E-state index contributed by atoms with van der Waals surface area (Å²) in [4.78, 5) is 0. The summed E-state index contributed by atoms with van der Waals surface area (Å²) in [6.45, 7) is -4.76. The zero-order valence-corrected chi connectivity index (χ0v) is 48.2. The molecule has 426 valence electrons. The van der Waals surface area contributed by atoms with E-state index in [2.05, 4.69) is 49.7 Å². The maximum absolute atomic E-state index is 19.1. The number of pyridine rings is 2. The van der Waals surface area contributed by atoms with Crippen molar-refractivity contribution in [1.29, 1.82) is 10.5 Å². The van der Waals surface area contributed by atoms with E-state index in [1.807, 2.05) is 60.7 Å². The predicted molar refractivity (Wildman–Crippen MR) is 335 cm³/mol. The Kier molecular flexibility index (Phi) is 16.1. The molecule has 6 aromatic carbocycles. The Balaban J connectivity index is 1.12. The fourth-order valence-corrected chi connectivity index (χ4v) is 12.5. The third kappa shape index (κ3) is 10.6. The van der Waals surface area contributed by atoms with Crippen molar-refractivity contribution >= 4 is 57.7 Å². The molecule has 0 fully saturated rings. The van der Waals surface area contributed by atoms with E-state index in [9.17, 15) is 10.5 Å². The number of hydrogen-bond donors (Lipinski definition) is 0. The van der Waals surface area contributed by atoms with E-state index in [1.54, 1.807) is 97.1 Å². The van der Waals surface area contributed by atoms with Gasteiger partial charge in [-0.3, -0.25) is 0 Å². The molecule has 0 saturated carbocycles. The average molecular weight is 1140 g/mol. The van der Waals surface area contributed by atoms with Gasteiger partial charge in [0.05, 0.1) is 13.2 Å². The Morgan fingerprint density at radius 3 is 1.17 bits per heavy atom. The number of halogens is 4. The summed E-state index contributed by atoms with van der Waals surface area (Å²) < 4.78 is 92.4. The Labute approximate surface area is 498 Å². The first-order valence-electron chi connectivity index (χ1n) is 30.1. The highest BCUT2D eigenvalue weighted by Crippen LogP contribution is 2.41. The van der Waals surface area contributed by atoms with Crippen molar-refractivity contribution in [2.45, 2.75) is 90.9 Å². The molecule has 6 heterocycles. The molecular weight excluding hydrogens is 1080 g/mol. The molecule has 0 radical (unpaired) electrons. The van der Waals surface area contributed by atoms with Crippen LogP contribution in [-0.4, -0.2) is 36.1 Å². The number of unbranched alkanes of at least 4 members (excludes halogenated alkanes) is 10. The van der Waals surface area contributed by atoms with E-state index in [0.717, 1.165) is 93.2 Å². The largest absolute Gasteiger partial charge is 0.738 e. The Bertz CT molecular complexity index is 4310. The quantitative estimate of drug-likeness (QED) is 0.0371. The van der Waals surface area contributed by atoms with E-state index in [0.29, 0.717) is 46.6 Å². The molecule has 10 aromatic rings. The average Bonchev–Trinajstić information content (AvgIpc) is 1.48. The van der Waals surface area contributed by atoms with Gasteiger partial charge < -0.3 is 44.6 Å². The second-order valence-electron chi connectivity index (χ2n) is 22.3. The van der Waals surface area contributed by atoms with E-state index in [-0.39, 0.29) is 77.6 Å². The number of rotatable bonds is 18. The number of ether oxygens (including phenoxy) is 2. The van der Waals surface area contributed by atoms with Crippen LogP contribution in [0.15, 0.2) is 170 Å². The minimum Gasteiger partial charge on any atom is -0.494 e. The zero-order valence-electron chi connectivity index (χ0n) is 48.2. The topological polar surface area (TPSA) is 83.7 Å². The smallest absolute Gasteiger partial charge is 0.494 e. The number of nitrogens with zero attached hydrogens (tertiary/aromatic N) is 6. The molecule has 8 nitrogen and oxygen atoms in total. The molecule has 0 aliphatic carbocycles. The van der Waals surface area contributed by atoms with Crippen LogP contribution in [0.3, 0.4) is 0 Å². The second-order valence-corrected chi connectivity index (χ2v) is 22.3. The summed E-state index contributed by atoms with van der Waals surface area (Å²) >= 11 is 0. The summed E-state index contributed by atoms with van der Waals surface area (Å²) in [5.41, 5.74) is 2.69. The predicted octanol–water partition coefficient (Wildman–Crippen LogP) is 14.6. The molecular formula is C72H62B2F4N6O2. The standard InChI is InChI=1S/C72H62B2F4N6O2/c1-3-5-7-9-11-19-45-85-59-37-31-55(32-38-59)69-67-68(72-62(50-80)66-44-36-57-47-53(27-25-51-21-15-13-16-22-51)29-41-63(57)81(66)73(75,76)83(69)72)70(56-33-39-60(40-34-56)86-46-20-12-10-8-6-4-2)84-71(67)61(49-79)65-43-35-58-48-54(28-26-52-23-17-14-18-24-52)30-42-64(58)82(65)74(84,77)78/h13-18,21-24,29-44,47-48H,3-12,19-20,45-46H2,1-2H3. The first kappa shape index (κ1) is 56.7. The lowest BCUT2D eigenvalue weighted by Crippen LogP contribution is -2.71.